The summed E-state index contributed by atoms with van der Waals surface area (Å²) in [5, 5.41) is 14.0. The van der Waals surface area contributed by atoms with E-state index < -0.39 is 17.5 Å². The fraction of sp³-hybridized carbons (Fsp3) is 0.800. The van der Waals surface area contributed by atoms with Gasteiger partial charge in [0.15, 0.2) is 5.54 Å². The average Bonchev–Trinajstić information content (AvgIpc) is 2.74. The quantitative estimate of drug-likeness (QED) is 0.552. The normalized spacial score (nSPS) is 23.4. The zero-order valence-electron chi connectivity index (χ0n) is 9.82. The molecular weight excluding hydrogens is 228 g/mol. The number of ether oxygens (including phenoxy) is 2. The SMILES string of the molecule is CCOCCNC(=O)NC1(C(=O)O)CCOC1. The number of urea groups is 1. The van der Waals surface area contributed by atoms with Crippen molar-refractivity contribution in [3.05, 3.63) is 0 Å². The molecule has 17 heavy (non-hydrogen) atoms. The molecule has 0 radical (unpaired) electrons. The van der Waals surface area contributed by atoms with Crippen LogP contribution in [0.1, 0.15) is 13.3 Å². The molecule has 7 heteroatoms. The van der Waals surface area contributed by atoms with Crippen LogP contribution in [0.4, 0.5) is 4.79 Å². The van der Waals surface area contributed by atoms with Gasteiger partial charge in [0.2, 0.25) is 0 Å². The van der Waals surface area contributed by atoms with Crippen LogP contribution in [0, 0.1) is 0 Å². The van der Waals surface area contributed by atoms with Crippen LogP contribution in [0.2, 0.25) is 0 Å². The second-order valence-corrected chi connectivity index (χ2v) is 3.77. The lowest BCUT2D eigenvalue weighted by molar-refractivity contribution is -0.144. The predicted molar refractivity (Wildman–Crippen MR) is 58.8 cm³/mol. The monoisotopic (exact) mass is 246 g/mol. The zero-order valence-corrected chi connectivity index (χ0v) is 9.82. The second kappa shape index (κ2) is 6.41. The first kappa shape index (κ1) is 13.7. The van der Waals surface area contributed by atoms with Gasteiger partial charge in [-0.15, -0.1) is 0 Å². The van der Waals surface area contributed by atoms with Gasteiger partial charge in [0.05, 0.1) is 13.2 Å². The third-order valence-corrected chi connectivity index (χ3v) is 2.52. The lowest BCUT2D eigenvalue weighted by atomic mass is 9.99. The van der Waals surface area contributed by atoms with Gasteiger partial charge in [-0.1, -0.05) is 0 Å². The molecule has 1 aliphatic heterocycles. The first-order valence-electron chi connectivity index (χ1n) is 5.55. The van der Waals surface area contributed by atoms with Gasteiger partial charge in [-0.25, -0.2) is 9.59 Å². The van der Waals surface area contributed by atoms with Gasteiger partial charge in [0.1, 0.15) is 0 Å². The van der Waals surface area contributed by atoms with E-state index in [1.165, 1.54) is 0 Å². The van der Waals surface area contributed by atoms with E-state index in [-0.39, 0.29) is 13.0 Å². The van der Waals surface area contributed by atoms with Gasteiger partial charge < -0.3 is 25.2 Å². The Balaban J connectivity index is 2.35. The number of amides is 2. The van der Waals surface area contributed by atoms with Gasteiger partial charge >= 0.3 is 12.0 Å². The van der Waals surface area contributed by atoms with E-state index in [9.17, 15) is 9.59 Å². The third-order valence-electron chi connectivity index (χ3n) is 2.52. The molecule has 1 saturated heterocycles. The largest absolute Gasteiger partial charge is 0.479 e. The Morgan fingerprint density at radius 2 is 2.29 bits per heavy atom. The fourth-order valence-corrected chi connectivity index (χ4v) is 1.53. The summed E-state index contributed by atoms with van der Waals surface area (Å²) in [7, 11) is 0. The van der Waals surface area contributed by atoms with Crippen molar-refractivity contribution in [3.8, 4) is 0 Å². The summed E-state index contributed by atoms with van der Waals surface area (Å²) >= 11 is 0. The number of rotatable bonds is 6. The number of carboxylic acid groups (broad SMARTS) is 1. The van der Waals surface area contributed by atoms with Crippen LogP contribution in [0.25, 0.3) is 0 Å². The molecule has 1 unspecified atom stereocenters. The van der Waals surface area contributed by atoms with E-state index in [0.29, 0.717) is 26.4 Å². The average molecular weight is 246 g/mol. The van der Waals surface area contributed by atoms with Crippen LogP contribution in [0.15, 0.2) is 0 Å². The van der Waals surface area contributed by atoms with Gasteiger partial charge in [-0.05, 0) is 6.92 Å². The van der Waals surface area contributed by atoms with Crippen molar-refractivity contribution in [3.63, 3.8) is 0 Å². The molecule has 1 aliphatic rings. The van der Waals surface area contributed by atoms with Crippen LogP contribution in [-0.4, -0.2) is 55.6 Å². The second-order valence-electron chi connectivity index (χ2n) is 3.77. The summed E-state index contributed by atoms with van der Waals surface area (Å²) < 4.78 is 10.1. The molecule has 0 spiro atoms. The molecule has 1 atom stereocenters. The molecule has 3 N–H and O–H groups in total. The maximum Gasteiger partial charge on any atom is 0.332 e. The Labute approximate surface area is 99.5 Å². The molecule has 2 amide bonds. The molecular formula is C10H18N2O5. The van der Waals surface area contributed by atoms with Crippen molar-refractivity contribution >= 4 is 12.0 Å². The van der Waals surface area contributed by atoms with Crippen LogP contribution in [0.3, 0.4) is 0 Å². The maximum atomic E-state index is 11.5. The number of hydrogen-bond acceptors (Lipinski definition) is 4. The Kier molecular flexibility index (Phi) is 5.17. The predicted octanol–water partition coefficient (Wildman–Crippen LogP) is -0.434. The Morgan fingerprint density at radius 1 is 1.53 bits per heavy atom. The van der Waals surface area contributed by atoms with E-state index >= 15 is 0 Å². The highest BCUT2D eigenvalue weighted by molar-refractivity contribution is 5.86. The smallest absolute Gasteiger partial charge is 0.332 e. The number of nitrogens with one attached hydrogen (secondary N) is 2. The third kappa shape index (κ3) is 3.86. The van der Waals surface area contributed by atoms with Crippen molar-refractivity contribution in [1.29, 1.82) is 0 Å². The minimum atomic E-state index is -1.30. The summed E-state index contributed by atoms with van der Waals surface area (Å²) in [4.78, 5) is 22.6. The molecule has 0 aromatic rings. The first-order chi connectivity index (χ1) is 8.10. The number of carbonyl (C=O) groups is 2. The number of hydrogen-bond donors (Lipinski definition) is 3. The summed E-state index contributed by atoms with van der Waals surface area (Å²) in [5.41, 5.74) is -1.30. The van der Waals surface area contributed by atoms with Crippen molar-refractivity contribution in [2.45, 2.75) is 18.9 Å². The van der Waals surface area contributed by atoms with Crippen molar-refractivity contribution in [2.75, 3.05) is 33.0 Å². The lowest BCUT2D eigenvalue weighted by Gasteiger charge is -2.23. The highest BCUT2D eigenvalue weighted by atomic mass is 16.5. The highest BCUT2D eigenvalue weighted by Gasteiger charge is 2.43. The van der Waals surface area contributed by atoms with Crippen LogP contribution in [0.5, 0.6) is 0 Å². The first-order valence-corrected chi connectivity index (χ1v) is 5.55. The van der Waals surface area contributed by atoms with Crippen molar-refractivity contribution < 1.29 is 24.2 Å². The summed E-state index contributed by atoms with van der Waals surface area (Å²) in [6.07, 6.45) is 0.279. The minimum Gasteiger partial charge on any atom is -0.479 e. The Morgan fingerprint density at radius 3 is 2.82 bits per heavy atom. The molecule has 7 nitrogen and oxygen atoms in total. The van der Waals surface area contributed by atoms with E-state index in [4.69, 9.17) is 14.6 Å². The Hall–Kier alpha value is -1.34. The van der Waals surface area contributed by atoms with Crippen LogP contribution >= 0.6 is 0 Å². The summed E-state index contributed by atoms with van der Waals surface area (Å²) in [6.45, 7) is 3.52. The fourth-order valence-electron chi connectivity index (χ4n) is 1.53. The van der Waals surface area contributed by atoms with Gasteiger partial charge in [0.25, 0.3) is 0 Å². The molecule has 1 fully saturated rings. The standard InChI is InChI=1S/C10H18N2O5/c1-2-16-6-4-11-9(15)12-10(8(13)14)3-5-17-7-10/h2-7H2,1H3,(H,13,14)(H2,11,12,15). The minimum absolute atomic E-state index is 0.00120. The highest BCUT2D eigenvalue weighted by Crippen LogP contribution is 2.18. The molecule has 0 aromatic carbocycles. The van der Waals surface area contributed by atoms with Gasteiger partial charge in [-0.3, -0.25) is 0 Å². The molecule has 98 valence electrons. The van der Waals surface area contributed by atoms with E-state index in [1.807, 2.05) is 6.92 Å². The molecule has 0 aliphatic carbocycles. The Bertz CT molecular complexity index is 276. The number of aliphatic carboxylic acids is 1. The molecule has 1 heterocycles. The number of carboxylic acids is 1. The van der Waals surface area contributed by atoms with Crippen molar-refractivity contribution in [1.82, 2.24) is 10.6 Å². The van der Waals surface area contributed by atoms with Gasteiger partial charge in [-0.2, -0.15) is 0 Å². The molecule has 1 rings (SSSR count). The van der Waals surface area contributed by atoms with E-state index in [1.54, 1.807) is 0 Å². The van der Waals surface area contributed by atoms with Gasteiger partial charge in [0, 0.05) is 26.2 Å². The topological polar surface area (TPSA) is 96.9 Å². The summed E-state index contributed by atoms with van der Waals surface area (Å²) in [5.74, 6) is -1.07. The molecule has 0 bridgehead atoms. The van der Waals surface area contributed by atoms with Crippen molar-refractivity contribution in [2.24, 2.45) is 0 Å². The maximum absolute atomic E-state index is 11.5. The van der Waals surface area contributed by atoms with E-state index in [0.717, 1.165) is 0 Å². The number of carbonyl (C=O) groups excluding carboxylic acids is 1. The van der Waals surface area contributed by atoms with Crippen LogP contribution < -0.4 is 10.6 Å². The summed E-state index contributed by atoms with van der Waals surface area (Å²) in [6, 6.07) is -0.516. The lowest BCUT2D eigenvalue weighted by Crippen LogP contribution is -2.58. The molecule has 0 aromatic heterocycles. The zero-order chi connectivity index (χ0) is 12.7. The van der Waals surface area contributed by atoms with Crippen LogP contribution in [-0.2, 0) is 14.3 Å². The molecule has 0 saturated carbocycles. The van der Waals surface area contributed by atoms with E-state index in [2.05, 4.69) is 10.6 Å².